The molecule has 0 atom stereocenters. The van der Waals surface area contributed by atoms with E-state index in [4.69, 9.17) is 4.74 Å². The molecule has 0 aromatic carbocycles. The Morgan fingerprint density at radius 2 is 1.70 bits per heavy atom. The van der Waals surface area contributed by atoms with Gasteiger partial charge in [0.05, 0.1) is 12.6 Å². The van der Waals surface area contributed by atoms with Gasteiger partial charge in [0.25, 0.3) is 0 Å². The highest BCUT2D eigenvalue weighted by Gasteiger charge is 2.34. The number of nitrogens with zero attached hydrogens (tertiary/aromatic N) is 2. The first-order chi connectivity index (χ1) is 11.9. The van der Waals surface area contributed by atoms with E-state index in [2.05, 4.69) is 20.9 Å². The van der Waals surface area contributed by atoms with Crippen LogP contribution in [0.1, 0.15) is 48.5 Å². The lowest BCUT2D eigenvalue weighted by atomic mass is 9.96. The van der Waals surface area contributed by atoms with Crippen molar-refractivity contribution in [2.45, 2.75) is 60.1 Å². The van der Waals surface area contributed by atoms with Crippen LogP contribution in [0, 0.1) is 5.41 Å². The second-order valence-electron chi connectivity index (χ2n) is 8.49. The van der Waals surface area contributed by atoms with Gasteiger partial charge < -0.3 is 25.6 Å². The Balaban J connectivity index is 0.00000676. The number of amides is 2. The normalized spacial score (nSPS) is 15.4. The fourth-order valence-electron chi connectivity index (χ4n) is 2.16. The molecule has 0 radical (unpaired) electrons. The third-order valence-corrected chi connectivity index (χ3v) is 3.57. The maximum Gasteiger partial charge on any atom is 0.410 e. The molecule has 0 saturated carbocycles. The van der Waals surface area contributed by atoms with Crippen molar-refractivity contribution in [2.75, 3.05) is 32.7 Å². The highest BCUT2D eigenvalue weighted by Crippen LogP contribution is 2.15. The molecule has 2 amide bonds. The summed E-state index contributed by atoms with van der Waals surface area (Å²) in [5, 5.41) is 9.35. The molecule has 1 rings (SSSR count). The molecule has 3 N–H and O–H groups in total. The fourth-order valence-corrected chi connectivity index (χ4v) is 2.16. The maximum absolute atomic E-state index is 11.9. The van der Waals surface area contributed by atoms with Gasteiger partial charge in [-0.15, -0.1) is 24.0 Å². The number of guanidine groups is 1. The first-order valence-corrected chi connectivity index (χ1v) is 9.23. The van der Waals surface area contributed by atoms with E-state index in [0.717, 1.165) is 6.54 Å². The average molecular weight is 497 g/mol. The summed E-state index contributed by atoms with van der Waals surface area (Å²) in [7, 11) is 0. The summed E-state index contributed by atoms with van der Waals surface area (Å²) in [5.41, 5.74) is -0.882. The highest BCUT2D eigenvalue weighted by atomic mass is 127. The molecule has 9 heteroatoms. The van der Waals surface area contributed by atoms with Crippen LogP contribution < -0.4 is 16.0 Å². The molecule has 0 aromatic rings. The van der Waals surface area contributed by atoms with Gasteiger partial charge in [-0.05, 0) is 27.7 Å². The SMILES string of the molecule is CCNC(=NCCNC(=O)C(C)(C)C)NC1CN(C(=O)OC(C)(C)C)C1.I. The smallest absolute Gasteiger partial charge is 0.410 e. The largest absolute Gasteiger partial charge is 0.444 e. The van der Waals surface area contributed by atoms with Crippen molar-refractivity contribution < 1.29 is 14.3 Å². The summed E-state index contributed by atoms with van der Waals surface area (Å²) in [6.45, 7) is 16.1. The molecule has 0 spiro atoms. The minimum absolute atomic E-state index is 0. The predicted molar refractivity (Wildman–Crippen MR) is 119 cm³/mol. The number of carbonyl (C=O) groups is 2. The van der Waals surface area contributed by atoms with Crippen molar-refractivity contribution in [1.82, 2.24) is 20.9 Å². The number of aliphatic imine (C=N–C) groups is 1. The lowest BCUT2D eigenvalue weighted by molar-refractivity contribution is -0.128. The van der Waals surface area contributed by atoms with Crippen LogP contribution in [-0.2, 0) is 9.53 Å². The van der Waals surface area contributed by atoms with E-state index in [0.29, 0.717) is 32.1 Å². The molecule has 0 aromatic heterocycles. The number of hydrogen-bond acceptors (Lipinski definition) is 4. The molecular weight excluding hydrogens is 461 g/mol. The van der Waals surface area contributed by atoms with Gasteiger partial charge in [0.15, 0.2) is 5.96 Å². The summed E-state index contributed by atoms with van der Waals surface area (Å²) in [6, 6.07) is 0.143. The van der Waals surface area contributed by atoms with Crippen molar-refractivity contribution >= 4 is 41.9 Å². The standard InChI is InChI=1S/C18H35N5O3.HI/c1-8-19-15(21-10-9-20-14(24)17(2,3)4)22-13-11-23(12-13)16(25)26-18(5,6)7;/h13H,8-12H2,1-7H3,(H,20,24)(H2,19,21,22);1H. The third kappa shape index (κ3) is 10.0. The molecule has 8 nitrogen and oxygen atoms in total. The average Bonchev–Trinajstić information content (AvgIpc) is 2.43. The molecule has 1 aliphatic heterocycles. The molecule has 158 valence electrons. The van der Waals surface area contributed by atoms with E-state index in [1.807, 2.05) is 48.5 Å². The van der Waals surface area contributed by atoms with E-state index in [1.54, 1.807) is 4.90 Å². The zero-order valence-corrected chi connectivity index (χ0v) is 20.0. The van der Waals surface area contributed by atoms with Gasteiger partial charge in [0.1, 0.15) is 5.60 Å². The number of carbonyl (C=O) groups excluding carboxylic acids is 2. The van der Waals surface area contributed by atoms with E-state index < -0.39 is 11.0 Å². The van der Waals surface area contributed by atoms with E-state index in [9.17, 15) is 9.59 Å². The van der Waals surface area contributed by atoms with Gasteiger partial charge in [-0.3, -0.25) is 9.79 Å². The summed E-state index contributed by atoms with van der Waals surface area (Å²) < 4.78 is 5.34. The van der Waals surface area contributed by atoms with Crippen molar-refractivity contribution in [3.05, 3.63) is 0 Å². The molecular formula is C18H36IN5O3. The first kappa shape index (κ1) is 25.7. The highest BCUT2D eigenvalue weighted by molar-refractivity contribution is 14.0. The predicted octanol–water partition coefficient (Wildman–Crippen LogP) is 1.94. The second kappa shape index (κ2) is 10.9. The Hall–Kier alpha value is -1.26. The number of nitrogens with one attached hydrogen (secondary N) is 3. The second-order valence-corrected chi connectivity index (χ2v) is 8.49. The van der Waals surface area contributed by atoms with Gasteiger partial charge in [-0.25, -0.2) is 4.79 Å². The topological polar surface area (TPSA) is 95.1 Å². The van der Waals surface area contributed by atoms with Crippen LogP contribution in [0.25, 0.3) is 0 Å². The number of likely N-dealkylation sites (tertiary alicyclic amines) is 1. The number of rotatable bonds is 5. The van der Waals surface area contributed by atoms with Crippen molar-refractivity contribution in [1.29, 1.82) is 0 Å². The van der Waals surface area contributed by atoms with E-state index in [-0.39, 0.29) is 42.0 Å². The zero-order chi connectivity index (χ0) is 20.0. The molecule has 0 unspecified atom stereocenters. The lowest BCUT2D eigenvalue weighted by Crippen LogP contribution is -2.63. The number of ether oxygens (including phenoxy) is 1. The molecule has 1 heterocycles. The Kier molecular flexibility index (Phi) is 10.4. The van der Waals surface area contributed by atoms with Crippen LogP contribution in [-0.4, -0.2) is 67.2 Å². The van der Waals surface area contributed by atoms with Crippen molar-refractivity contribution in [3.8, 4) is 0 Å². The Bertz CT molecular complexity index is 520. The van der Waals surface area contributed by atoms with Gasteiger partial charge in [0.2, 0.25) is 5.91 Å². The van der Waals surface area contributed by atoms with Crippen LogP contribution in [0.15, 0.2) is 4.99 Å². The summed E-state index contributed by atoms with van der Waals surface area (Å²) >= 11 is 0. The van der Waals surface area contributed by atoms with Gasteiger partial charge in [0, 0.05) is 31.6 Å². The number of hydrogen-bond donors (Lipinski definition) is 3. The Morgan fingerprint density at radius 1 is 1.11 bits per heavy atom. The Labute approximate surface area is 180 Å². The maximum atomic E-state index is 11.9. The van der Waals surface area contributed by atoms with Crippen molar-refractivity contribution in [3.63, 3.8) is 0 Å². The Morgan fingerprint density at radius 3 is 2.19 bits per heavy atom. The van der Waals surface area contributed by atoms with Crippen LogP contribution >= 0.6 is 24.0 Å². The van der Waals surface area contributed by atoms with Crippen molar-refractivity contribution in [2.24, 2.45) is 10.4 Å². The third-order valence-electron chi connectivity index (χ3n) is 3.57. The quantitative estimate of drug-likeness (QED) is 0.234. The van der Waals surface area contributed by atoms with Gasteiger partial charge in [-0.2, -0.15) is 0 Å². The summed E-state index contributed by atoms with van der Waals surface area (Å²) in [6.07, 6.45) is -0.289. The summed E-state index contributed by atoms with van der Waals surface area (Å²) in [5.74, 6) is 0.698. The molecule has 1 fully saturated rings. The zero-order valence-electron chi connectivity index (χ0n) is 17.6. The number of halogens is 1. The van der Waals surface area contributed by atoms with Gasteiger partial charge in [-0.1, -0.05) is 20.8 Å². The minimum Gasteiger partial charge on any atom is -0.444 e. The van der Waals surface area contributed by atoms with Gasteiger partial charge >= 0.3 is 6.09 Å². The molecule has 0 bridgehead atoms. The molecule has 1 saturated heterocycles. The van der Waals surface area contributed by atoms with Crippen LogP contribution in [0.5, 0.6) is 0 Å². The molecule has 27 heavy (non-hydrogen) atoms. The lowest BCUT2D eigenvalue weighted by Gasteiger charge is -2.40. The fraction of sp³-hybridized carbons (Fsp3) is 0.833. The van der Waals surface area contributed by atoms with E-state index in [1.165, 1.54) is 0 Å². The van der Waals surface area contributed by atoms with E-state index >= 15 is 0 Å². The monoisotopic (exact) mass is 497 g/mol. The van der Waals surface area contributed by atoms with Crippen LogP contribution in [0.4, 0.5) is 4.79 Å². The van der Waals surface area contributed by atoms with Crippen LogP contribution in [0.2, 0.25) is 0 Å². The summed E-state index contributed by atoms with van der Waals surface area (Å²) in [4.78, 5) is 29.9. The van der Waals surface area contributed by atoms with Crippen LogP contribution in [0.3, 0.4) is 0 Å². The minimum atomic E-state index is -0.483. The molecule has 0 aliphatic carbocycles. The first-order valence-electron chi connectivity index (χ1n) is 9.23. The molecule has 1 aliphatic rings.